The van der Waals surface area contributed by atoms with Crippen molar-refractivity contribution in [1.29, 1.82) is 0 Å². The van der Waals surface area contributed by atoms with Crippen LogP contribution in [-0.2, 0) is 4.79 Å². The number of piperidine rings is 1. The summed E-state index contributed by atoms with van der Waals surface area (Å²) in [5, 5.41) is 6.38. The van der Waals surface area contributed by atoms with Gasteiger partial charge in [0, 0.05) is 36.5 Å². The summed E-state index contributed by atoms with van der Waals surface area (Å²) < 4.78 is 1.44. The first-order valence-corrected chi connectivity index (χ1v) is 9.14. The van der Waals surface area contributed by atoms with Crippen LogP contribution in [0.3, 0.4) is 0 Å². The zero-order valence-electron chi connectivity index (χ0n) is 13.7. The molecule has 6 heteroatoms. The number of amides is 1. The van der Waals surface area contributed by atoms with Crippen LogP contribution in [0.5, 0.6) is 0 Å². The van der Waals surface area contributed by atoms with E-state index in [2.05, 4.69) is 5.10 Å². The fraction of sp³-hybridized carbons (Fsp3) is 0.389. The Morgan fingerprint density at radius 1 is 1.29 bits per heavy atom. The fourth-order valence-corrected chi connectivity index (χ4v) is 3.51. The van der Waals surface area contributed by atoms with Gasteiger partial charge in [0.1, 0.15) is 0 Å². The van der Waals surface area contributed by atoms with Crippen molar-refractivity contribution < 1.29 is 9.59 Å². The van der Waals surface area contributed by atoms with Gasteiger partial charge in [-0.1, -0.05) is 13.0 Å². The first kappa shape index (κ1) is 16.6. The summed E-state index contributed by atoms with van der Waals surface area (Å²) in [6, 6.07) is 5.88. The summed E-state index contributed by atoms with van der Waals surface area (Å²) >= 11 is 1.66. The van der Waals surface area contributed by atoms with E-state index < -0.39 is 0 Å². The zero-order valence-corrected chi connectivity index (χ0v) is 14.5. The maximum Gasteiger partial charge on any atom is 0.250 e. The normalized spacial score (nSPS) is 16.0. The molecule has 3 heterocycles. The van der Waals surface area contributed by atoms with E-state index in [0.29, 0.717) is 32.4 Å². The van der Waals surface area contributed by atoms with Gasteiger partial charge in [0.05, 0.1) is 5.69 Å². The van der Waals surface area contributed by atoms with E-state index >= 15 is 0 Å². The van der Waals surface area contributed by atoms with Crippen molar-refractivity contribution in [3.63, 3.8) is 0 Å². The van der Waals surface area contributed by atoms with Gasteiger partial charge < -0.3 is 4.90 Å². The number of carbonyl (C=O) groups is 2. The smallest absolute Gasteiger partial charge is 0.250 e. The Bertz CT molecular complexity index is 725. The summed E-state index contributed by atoms with van der Waals surface area (Å²) in [6.07, 6.45) is 7.59. The second kappa shape index (κ2) is 7.57. The van der Waals surface area contributed by atoms with Gasteiger partial charge in [-0.05, 0) is 42.5 Å². The van der Waals surface area contributed by atoms with Crippen molar-refractivity contribution in [3.8, 4) is 0 Å². The number of carbonyl (C=O) groups excluding carboxylic acids is 2. The van der Waals surface area contributed by atoms with Gasteiger partial charge in [0.25, 0.3) is 0 Å². The molecule has 1 saturated heterocycles. The molecule has 0 N–H and O–H groups in total. The molecule has 0 radical (unpaired) electrons. The molecule has 0 unspecified atom stereocenters. The summed E-state index contributed by atoms with van der Waals surface area (Å²) in [7, 11) is 0. The third kappa shape index (κ3) is 3.82. The van der Waals surface area contributed by atoms with Crippen LogP contribution in [0.25, 0.3) is 12.2 Å². The largest absolute Gasteiger partial charge is 0.343 e. The highest BCUT2D eigenvalue weighted by Gasteiger charge is 2.27. The van der Waals surface area contributed by atoms with Crippen molar-refractivity contribution in [2.75, 3.05) is 13.1 Å². The Hall–Kier alpha value is -2.21. The Kier molecular flexibility index (Phi) is 5.25. The predicted octanol–water partition coefficient (Wildman–Crippen LogP) is 3.40. The molecule has 0 bridgehead atoms. The lowest BCUT2D eigenvalue weighted by atomic mass is 9.96. The Labute approximate surface area is 145 Å². The highest BCUT2D eigenvalue weighted by molar-refractivity contribution is 7.10. The molecule has 0 aromatic carbocycles. The van der Waals surface area contributed by atoms with E-state index in [9.17, 15) is 9.59 Å². The van der Waals surface area contributed by atoms with E-state index in [-0.39, 0.29) is 17.7 Å². The number of thiophene rings is 1. The standard InChI is InChI=1S/C18H21N3O2S/c1-2-17(22)20-10-7-14(8-11-20)18(23)21-12-9-15(19-21)5-6-16-4-3-13-24-16/h3-6,9,12-14H,2,7-8,10-11H2,1H3/b6-5+. The zero-order chi connectivity index (χ0) is 16.9. The number of hydrogen-bond acceptors (Lipinski definition) is 4. The van der Waals surface area contributed by atoms with Gasteiger partial charge in [-0.15, -0.1) is 11.3 Å². The lowest BCUT2D eigenvalue weighted by molar-refractivity contribution is -0.132. The summed E-state index contributed by atoms with van der Waals surface area (Å²) in [6.45, 7) is 3.19. The van der Waals surface area contributed by atoms with E-state index in [1.807, 2.05) is 47.6 Å². The topological polar surface area (TPSA) is 55.2 Å². The fourth-order valence-electron chi connectivity index (χ4n) is 2.89. The molecule has 2 aromatic rings. The summed E-state index contributed by atoms with van der Waals surface area (Å²) in [5.74, 6) is 0.135. The lowest BCUT2D eigenvalue weighted by Gasteiger charge is -2.30. The minimum Gasteiger partial charge on any atom is -0.343 e. The third-order valence-corrected chi connectivity index (χ3v) is 5.13. The highest BCUT2D eigenvalue weighted by atomic mass is 32.1. The minimum atomic E-state index is -0.0556. The molecule has 1 aliphatic heterocycles. The maximum absolute atomic E-state index is 12.6. The van der Waals surface area contributed by atoms with Gasteiger partial charge in [-0.2, -0.15) is 5.10 Å². The molecule has 0 aliphatic carbocycles. The Morgan fingerprint density at radius 2 is 2.08 bits per heavy atom. The van der Waals surface area contributed by atoms with E-state index in [0.717, 1.165) is 10.6 Å². The molecule has 0 atom stereocenters. The second-order valence-electron chi connectivity index (χ2n) is 5.88. The Balaban J connectivity index is 1.59. The van der Waals surface area contributed by atoms with Crippen LogP contribution in [0.15, 0.2) is 29.8 Å². The molecule has 3 rings (SSSR count). The van der Waals surface area contributed by atoms with Gasteiger partial charge in [-0.3, -0.25) is 9.59 Å². The van der Waals surface area contributed by atoms with Crippen molar-refractivity contribution in [3.05, 3.63) is 40.3 Å². The van der Waals surface area contributed by atoms with Crippen LogP contribution < -0.4 is 0 Å². The van der Waals surface area contributed by atoms with Crippen LogP contribution in [0.4, 0.5) is 0 Å². The molecule has 1 aliphatic rings. The van der Waals surface area contributed by atoms with Crippen molar-refractivity contribution in [2.45, 2.75) is 26.2 Å². The monoisotopic (exact) mass is 343 g/mol. The molecular weight excluding hydrogens is 322 g/mol. The van der Waals surface area contributed by atoms with E-state index in [1.165, 1.54) is 4.68 Å². The predicted molar refractivity (Wildman–Crippen MR) is 95.7 cm³/mol. The maximum atomic E-state index is 12.6. The first-order chi connectivity index (χ1) is 11.7. The first-order valence-electron chi connectivity index (χ1n) is 8.26. The third-order valence-electron chi connectivity index (χ3n) is 4.30. The van der Waals surface area contributed by atoms with Gasteiger partial charge in [0.15, 0.2) is 0 Å². The molecule has 24 heavy (non-hydrogen) atoms. The molecule has 2 aromatic heterocycles. The molecular formula is C18H21N3O2S. The highest BCUT2D eigenvalue weighted by Crippen LogP contribution is 2.20. The molecule has 1 amide bonds. The van der Waals surface area contributed by atoms with Crippen molar-refractivity contribution in [2.24, 2.45) is 5.92 Å². The van der Waals surface area contributed by atoms with Crippen LogP contribution in [0.1, 0.15) is 41.6 Å². The van der Waals surface area contributed by atoms with Crippen LogP contribution in [-0.4, -0.2) is 39.6 Å². The number of rotatable bonds is 4. The van der Waals surface area contributed by atoms with E-state index in [1.54, 1.807) is 17.5 Å². The SMILES string of the molecule is CCC(=O)N1CCC(C(=O)n2ccc(/C=C/c3cccs3)n2)CC1. The molecule has 5 nitrogen and oxygen atoms in total. The van der Waals surface area contributed by atoms with Crippen molar-refractivity contribution >= 4 is 35.3 Å². The van der Waals surface area contributed by atoms with Crippen LogP contribution in [0, 0.1) is 5.92 Å². The van der Waals surface area contributed by atoms with Gasteiger partial charge in [0.2, 0.25) is 11.8 Å². The quantitative estimate of drug-likeness (QED) is 0.855. The second-order valence-corrected chi connectivity index (χ2v) is 6.86. The van der Waals surface area contributed by atoms with Crippen LogP contribution >= 0.6 is 11.3 Å². The molecule has 1 fully saturated rings. The summed E-state index contributed by atoms with van der Waals surface area (Å²) in [4.78, 5) is 27.3. The van der Waals surface area contributed by atoms with Crippen molar-refractivity contribution in [1.82, 2.24) is 14.7 Å². The number of aromatic nitrogens is 2. The molecule has 126 valence electrons. The van der Waals surface area contributed by atoms with E-state index in [4.69, 9.17) is 0 Å². The molecule has 0 spiro atoms. The minimum absolute atomic E-state index is 0.0226. The summed E-state index contributed by atoms with van der Waals surface area (Å²) in [5.41, 5.74) is 0.773. The Morgan fingerprint density at radius 3 is 2.75 bits per heavy atom. The average molecular weight is 343 g/mol. The molecule has 0 saturated carbocycles. The van der Waals surface area contributed by atoms with Gasteiger partial charge in [-0.25, -0.2) is 4.68 Å². The lowest BCUT2D eigenvalue weighted by Crippen LogP contribution is -2.41. The van der Waals surface area contributed by atoms with Gasteiger partial charge >= 0.3 is 0 Å². The number of hydrogen-bond donors (Lipinski definition) is 0. The van der Waals surface area contributed by atoms with Crippen LogP contribution in [0.2, 0.25) is 0 Å². The number of likely N-dealkylation sites (tertiary alicyclic amines) is 1. The number of nitrogens with zero attached hydrogens (tertiary/aromatic N) is 3. The average Bonchev–Trinajstić information content (AvgIpc) is 3.30.